The van der Waals surface area contributed by atoms with Gasteiger partial charge in [-0.1, -0.05) is 47.6 Å². The Bertz CT molecular complexity index is 966. The van der Waals surface area contributed by atoms with Gasteiger partial charge in [0.05, 0.1) is 13.2 Å². The third-order valence-electron chi connectivity index (χ3n) is 6.91. The van der Waals surface area contributed by atoms with Crippen molar-refractivity contribution in [3.05, 3.63) is 34.4 Å². The van der Waals surface area contributed by atoms with Crippen LogP contribution in [0.15, 0.2) is 12.1 Å². The number of phenols is 1. The van der Waals surface area contributed by atoms with Crippen LogP contribution in [0.25, 0.3) is 6.08 Å². The van der Waals surface area contributed by atoms with Crippen LogP contribution in [0.3, 0.4) is 0 Å². The molecule has 0 radical (unpaired) electrons. The molecule has 6 heteroatoms. The van der Waals surface area contributed by atoms with E-state index in [1.165, 1.54) is 6.08 Å². The van der Waals surface area contributed by atoms with Gasteiger partial charge in [0.15, 0.2) is 5.78 Å². The molecule has 2 rings (SSSR count). The molecule has 5 nitrogen and oxygen atoms in total. The lowest BCUT2D eigenvalue weighted by atomic mass is 9.66. The van der Waals surface area contributed by atoms with Crippen LogP contribution in [0.5, 0.6) is 5.75 Å². The quantitative estimate of drug-likeness (QED) is 0.296. The molecule has 34 heavy (non-hydrogen) atoms. The number of aromatic hydroxyl groups is 1. The highest BCUT2D eigenvalue weighted by molar-refractivity contribution is 7.56. The Morgan fingerprint density at radius 3 is 2.12 bits per heavy atom. The van der Waals surface area contributed by atoms with Gasteiger partial charge in [-0.25, -0.2) is 0 Å². The number of phenolic OH excluding ortho intramolecular Hbond substituents is 1. The number of carbonyl (C=O) groups excluding carboxylic acids is 1. The van der Waals surface area contributed by atoms with Crippen LogP contribution in [0.1, 0.15) is 110 Å². The molecule has 0 spiro atoms. The summed E-state index contributed by atoms with van der Waals surface area (Å²) in [5, 5.41) is 10.1. The van der Waals surface area contributed by atoms with E-state index >= 15 is 0 Å². The minimum absolute atomic E-state index is 0.00355. The third kappa shape index (κ3) is 5.69. The highest BCUT2D eigenvalue weighted by atomic mass is 31.2. The van der Waals surface area contributed by atoms with Crippen molar-refractivity contribution in [2.24, 2.45) is 5.41 Å². The summed E-state index contributed by atoms with van der Waals surface area (Å²) < 4.78 is 24.3. The second-order valence-electron chi connectivity index (χ2n) is 11.9. The Morgan fingerprint density at radius 1 is 1.09 bits per heavy atom. The number of ketones is 1. The lowest BCUT2D eigenvalue weighted by molar-refractivity contribution is -0.116. The predicted molar refractivity (Wildman–Crippen MR) is 141 cm³/mol. The molecule has 0 aliphatic heterocycles. The van der Waals surface area contributed by atoms with Gasteiger partial charge in [0.1, 0.15) is 10.9 Å². The first-order valence-electron chi connectivity index (χ1n) is 12.5. The standard InChI is InChI=1S/C28H45O5P/c1-11-32-34(31,33-12-2)28(9,10)23(29)17-16-19-18-22(27(6,7)8)25(30)24-20(19)14-13-15-21(24)26(3,4)5/h16-18,21,30H,11-15H2,1-10H3/b17-16+. The molecule has 0 aromatic heterocycles. The lowest BCUT2D eigenvalue weighted by Crippen LogP contribution is -2.32. The van der Waals surface area contributed by atoms with Gasteiger partial charge in [0.25, 0.3) is 0 Å². The molecule has 1 N–H and O–H groups in total. The van der Waals surface area contributed by atoms with Gasteiger partial charge in [0, 0.05) is 11.1 Å². The van der Waals surface area contributed by atoms with Crippen molar-refractivity contribution >= 4 is 19.5 Å². The molecule has 0 fully saturated rings. The summed E-state index contributed by atoms with van der Waals surface area (Å²) in [6.07, 6.45) is 6.25. The monoisotopic (exact) mass is 492 g/mol. The topological polar surface area (TPSA) is 72.8 Å². The largest absolute Gasteiger partial charge is 0.507 e. The van der Waals surface area contributed by atoms with E-state index < -0.39 is 12.8 Å². The van der Waals surface area contributed by atoms with Gasteiger partial charge < -0.3 is 14.2 Å². The van der Waals surface area contributed by atoms with Crippen molar-refractivity contribution in [3.8, 4) is 5.75 Å². The maximum atomic E-state index is 13.4. The van der Waals surface area contributed by atoms with Crippen molar-refractivity contribution in [2.75, 3.05) is 13.2 Å². The van der Waals surface area contributed by atoms with E-state index in [-0.39, 0.29) is 35.7 Å². The fourth-order valence-electron chi connectivity index (χ4n) is 4.83. The summed E-state index contributed by atoms with van der Waals surface area (Å²) in [5.74, 6) is 0.317. The highest BCUT2D eigenvalue weighted by Crippen LogP contribution is 2.60. The molecule has 1 atom stereocenters. The molecule has 0 heterocycles. The molecule has 0 saturated heterocycles. The molecule has 192 valence electrons. The van der Waals surface area contributed by atoms with Crippen LogP contribution in [-0.4, -0.2) is 29.3 Å². The fraction of sp³-hybridized carbons (Fsp3) is 0.679. The third-order valence-corrected chi connectivity index (χ3v) is 9.69. The van der Waals surface area contributed by atoms with E-state index in [0.29, 0.717) is 5.75 Å². The Morgan fingerprint density at radius 2 is 1.65 bits per heavy atom. The number of fused-ring (bicyclic) bond motifs is 1. The Labute approximate surface area is 206 Å². The van der Waals surface area contributed by atoms with Gasteiger partial charge in [-0.15, -0.1) is 0 Å². The molecular weight excluding hydrogens is 447 g/mol. The smallest absolute Gasteiger partial charge is 0.343 e. The number of hydrogen-bond acceptors (Lipinski definition) is 5. The van der Waals surface area contributed by atoms with Crippen molar-refractivity contribution in [2.45, 2.75) is 105 Å². The number of allylic oxidation sites excluding steroid dienone is 1. The molecule has 1 aliphatic carbocycles. The number of benzene rings is 1. The minimum atomic E-state index is -3.64. The second kappa shape index (κ2) is 10.3. The average Bonchev–Trinajstić information content (AvgIpc) is 2.71. The van der Waals surface area contributed by atoms with Crippen molar-refractivity contribution in [3.63, 3.8) is 0 Å². The first-order chi connectivity index (χ1) is 15.5. The zero-order valence-electron chi connectivity index (χ0n) is 22.9. The summed E-state index contributed by atoms with van der Waals surface area (Å²) in [7, 11) is -3.64. The van der Waals surface area contributed by atoms with Gasteiger partial charge in [-0.3, -0.25) is 9.36 Å². The molecule has 1 aliphatic rings. The summed E-state index contributed by atoms with van der Waals surface area (Å²) in [6, 6.07) is 2.01. The van der Waals surface area contributed by atoms with E-state index in [9.17, 15) is 14.5 Å². The Balaban J connectivity index is 2.64. The van der Waals surface area contributed by atoms with Gasteiger partial charge >= 0.3 is 7.60 Å². The van der Waals surface area contributed by atoms with Crippen LogP contribution in [0, 0.1) is 5.41 Å². The first-order valence-corrected chi connectivity index (χ1v) is 14.1. The van der Waals surface area contributed by atoms with Crippen LogP contribution < -0.4 is 0 Å². The molecule has 0 amide bonds. The van der Waals surface area contributed by atoms with Gasteiger partial charge in [0.2, 0.25) is 0 Å². The summed E-state index contributed by atoms with van der Waals surface area (Å²) in [5.41, 5.74) is 3.69. The molecule has 1 unspecified atom stereocenters. The summed E-state index contributed by atoms with van der Waals surface area (Å²) in [6.45, 7) is 20.0. The zero-order valence-corrected chi connectivity index (χ0v) is 23.8. The minimum Gasteiger partial charge on any atom is -0.507 e. The summed E-state index contributed by atoms with van der Waals surface area (Å²) in [4.78, 5) is 13.3. The molecular formula is C28H45O5P. The second-order valence-corrected chi connectivity index (χ2v) is 14.5. The predicted octanol–water partition coefficient (Wildman–Crippen LogP) is 7.78. The highest BCUT2D eigenvalue weighted by Gasteiger charge is 2.48. The average molecular weight is 493 g/mol. The van der Waals surface area contributed by atoms with Gasteiger partial charge in [-0.2, -0.15) is 0 Å². The normalized spacial score (nSPS) is 17.8. The molecule has 0 saturated carbocycles. The molecule has 1 aromatic rings. The van der Waals surface area contributed by atoms with E-state index in [1.54, 1.807) is 27.7 Å². The van der Waals surface area contributed by atoms with Gasteiger partial charge in [-0.05, 0) is 87.0 Å². The Hall–Kier alpha value is -1.42. The van der Waals surface area contributed by atoms with Crippen LogP contribution >= 0.6 is 7.60 Å². The van der Waals surface area contributed by atoms with Crippen molar-refractivity contribution in [1.29, 1.82) is 0 Å². The number of rotatable bonds is 8. The van der Waals surface area contributed by atoms with Crippen LogP contribution in [0.4, 0.5) is 0 Å². The number of hydrogen-bond donors (Lipinski definition) is 1. The van der Waals surface area contributed by atoms with Crippen molar-refractivity contribution < 1.29 is 23.5 Å². The van der Waals surface area contributed by atoms with E-state index in [4.69, 9.17) is 9.05 Å². The lowest BCUT2D eigenvalue weighted by Gasteiger charge is -2.38. The van der Waals surface area contributed by atoms with E-state index in [1.807, 2.05) is 12.1 Å². The Kier molecular flexibility index (Phi) is 8.72. The number of carbonyl (C=O) groups is 1. The first kappa shape index (κ1) is 28.8. The fourth-order valence-corrected chi connectivity index (χ4v) is 6.57. The summed E-state index contributed by atoms with van der Waals surface area (Å²) >= 11 is 0. The maximum Gasteiger partial charge on any atom is 0.343 e. The molecule has 0 bridgehead atoms. The van der Waals surface area contributed by atoms with E-state index in [2.05, 4.69) is 41.5 Å². The van der Waals surface area contributed by atoms with Crippen LogP contribution in [-0.2, 0) is 30.2 Å². The van der Waals surface area contributed by atoms with E-state index in [0.717, 1.165) is 41.5 Å². The maximum absolute atomic E-state index is 13.4. The SMILES string of the molecule is CCOP(=O)(OCC)C(C)(C)C(=O)/C=C/c1cc(C(C)(C)C)c(O)c2c1CCCC2C(C)(C)C. The van der Waals surface area contributed by atoms with Crippen molar-refractivity contribution in [1.82, 2.24) is 0 Å². The molecule has 1 aromatic carbocycles. The zero-order chi connectivity index (χ0) is 26.1. The van der Waals surface area contributed by atoms with Crippen LogP contribution in [0.2, 0.25) is 0 Å².